The molecule has 1 saturated heterocycles. The van der Waals surface area contributed by atoms with Crippen LogP contribution in [-0.4, -0.2) is 44.8 Å². The lowest BCUT2D eigenvalue weighted by Crippen LogP contribution is -2.40. The van der Waals surface area contributed by atoms with Gasteiger partial charge in [-0.1, -0.05) is 12.1 Å². The molecule has 8 heteroatoms. The van der Waals surface area contributed by atoms with Gasteiger partial charge in [0.1, 0.15) is 11.6 Å². The number of aromatic nitrogens is 3. The number of carbonyl (C=O) groups excluding carboxylic acids is 1. The highest BCUT2D eigenvalue weighted by molar-refractivity contribution is 5.78. The van der Waals surface area contributed by atoms with E-state index in [1.807, 2.05) is 19.1 Å². The number of rotatable bonds is 6. The Morgan fingerprint density at radius 1 is 1.13 bits per heavy atom. The van der Waals surface area contributed by atoms with E-state index in [2.05, 4.69) is 15.3 Å². The average molecular weight is 430 g/mol. The van der Waals surface area contributed by atoms with Gasteiger partial charge < -0.3 is 5.32 Å². The molecule has 0 spiro atoms. The van der Waals surface area contributed by atoms with Gasteiger partial charge >= 0.3 is 5.69 Å². The topological polar surface area (TPSA) is 72.2 Å². The molecule has 1 aromatic carbocycles. The highest BCUT2D eigenvalue weighted by Crippen LogP contribution is 2.21. The monoisotopic (exact) mass is 429 g/mol. The summed E-state index contributed by atoms with van der Waals surface area (Å²) >= 11 is 0. The second-order valence-corrected chi connectivity index (χ2v) is 8.78. The Morgan fingerprint density at radius 2 is 1.87 bits per heavy atom. The fourth-order valence-electron chi connectivity index (χ4n) is 4.68. The number of nitrogens with zero attached hydrogens (tertiary/aromatic N) is 4. The first-order valence-electron chi connectivity index (χ1n) is 11.4. The molecule has 1 N–H and O–H groups in total. The molecule has 1 aromatic heterocycles. The maximum Gasteiger partial charge on any atom is 0.345 e. The summed E-state index contributed by atoms with van der Waals surface area (Å²) in [7, 11) is 0. The van der Waals surface area contributed by atoms with Crippen LogP contribution in [0.2, 0.25) is 0 Å². The molecule has 3 heterocycles. The Morgan fingerprint density at radius 3 is 2.58 bits per heavy atom. The van der Waals surface area contributed by atoms with Crippen molar-refractivity contribution in [3.05, 3.63) is 52.0 Å². The summed E-state index contributed by atoms with van der Waals surface area (Å²) in [5.41, 5.74) is 1.07. The molecule has 31 heavy (non-hydrogen) atoms. The molecule has 2 aromatic rings. The van der Waals surface area contributed by atoms with Crippen molar-refractivity contribution in [2.45, 2.75) is 58.7 Å². The zero-order valence-electron chi connectivity index (χ0n) is 18.2. The number of aryl methyl sites for hydroxylation is 2. The Hall–Kier alpha value is -2.48. The number of carbonyl (C=O) groups is 1. The van der Waals surface area contributed by atoms with E-state index >= 15 is 0 Å². The van der Waals surface area contributed by atoms with E-state index < -0.39 is 0 Å². The van der Waals surface area contributed by atoms with Crippen LogP contribution in [0.3, 0.4) is 0 Å². The van der Waals surface area contributed by atoms with Gasteiger partial charge in [0.15, 0.2) is 0 Å². The second kappa shape index (κ2) is 9.77. The van der Waals surface area contributed by atoms with Gasteiger partial charge in [-0.05, 0) is 69.3 Å². The standard InChI is InChI=1S/C23H32FN5O2/c1-2-29-23(31)28-14-11-19(5-8-21(28)26-29)22(30)25-15-17-9-12-27(13-10-17)16-18-3-6-20(24)7-4-18/h3-4,6-7,17,19H,2,5,8-16H2,1H3,(H,25,30). The first kappa shape index (κ1) is 21.7. The van der Waals surface area contributed by atoms with E-state index in [0.29, 0.717) is 38.4 Å². The van der Waals surface area contributed by atoms with Gasteiger partial charge in [-0.2, -0.15) is 5.10 Å². The third kappa shape index (κ3) is 5.23. The Labute approximate surface area is 182 Å². The van der Waals surface area contributed by atoms with Crippen LogP contribution in [0.25, 0.3) is 0 Å². The Kier molecular flexibility index (Phi) is 6.85. The zero-order chi connectivity index (χ0) is 21.8. The minimum atomic E-state index is -0.199. The molecular weight excluding hydrogens is 397 g/mol. The van der Waals surface area contributed by atoms with Gasteiger partial charge in [-0.3, -0.25) is 14.3 Å². The number of halogens is 1. The minimum Gasteiger partial charge on any atom is -0.356 e. The smallest absolute Gasteiger partial charge is 0.345 e. The third-order valence-electron chi connectivity index (χ3n) is 6.68. The van der Waals surface area contributed by atoms with Gasteiger partial charge in [-0.15, -0.1) is 0 Å². The summed E-state index contributed by atoms with van der Waals surface area (Å²) in [6, 6.07) is 6.71. The molecule has 0 radical (unpaired) electrons. The van der Waals surface area contributed by atoms with Gasteiger partial charge in [0.25, 0.3) is 0 Å². The van der Waals surface area contributed by atoms with Gasteiger partial charge in [0.05, 0.1) is 0 Å². The van der Waals surface area contributed by atoms with Crippen molar-refractivity contribution in [2.24, 2.45) is 11.8 Å². The normalized spacial score (nSPS) is 20.3. The van der Waals surface area contributed by atoms with Gasteiger partial charge in [-0.25, -0.2) is 13.9 Å². The van der Waals surface area contributed by atoms with Crippen LogP contribution in [0.15, 0.2) is 29.1 Å². The molecule has 2 aliphatic heterocycles. The van der Waals surface area contributed by atoms with Crippen molar-refractivity contribution in [3.63, 3.8) is 0 Å². The summed E-state index contributed by atoms with van der Waals surface area (Å²) in [4.78, 5) is 27.4. The average Bonchev–Trinajstić information content (AvgIpc) is 2.95. The van der Waals surface area contributed by atoms with Crippen molar-refractivity contribution in [2.75, 3.05) is 19.6 Å². The summed E-state index contributed by atoms with van der Waals surface area (Å²) in [5, 5.41) is 7.56. The Balaban J connectivity index is 1.20. The maximum atomic E-state index is 13.1. The molecule has 1 fully saturated rings. The van der Waals surface area contributed by atoms with E-state index in [1.165, 1.54) is 16.8 Å². The molecule has 1 amide bonds. The number of hydrogen-bond donors (Lipinski definition) is 1. The lowest BCUT2D eigenvalue weighted by atomic mass is 9.95. The Bertz CT molecular complexity index is 944. The molecular formula is C23H32FN5O2. The molecule has 2 aliphatic rings. The van der Waals surface area contributed by atoms with Crippen LogP contribution in [0.1, 0.15) is 44.0 Å². The van der Waals surface area contributed by atoms with E-state index in [4.69, 9.17) is 0 Å². The predicted octanol–water partition coefficient (Wildman–Crippen LogP) is 2.18. The van der Waals surface area contributed by atoms with Gasteiger partial charge in [0.2, 0.25) is 5.91 Å². The fraction of sp³-hybridized carbons (Fsp3) is 0.609. The lowest BCUT2D eigenvalue weighted by Gasteiger charge is -2.32. The van der Waals surface area contributed by atoms with E-state index in [9.17, 15) is 14.0 Å². The second-order valence-electron chi connectivity index (χ2n) is 8.78. The predicted molar refractivity (Wildman–Crippen MR) is 116 cm³/mol. The van der Waals surface area contributed by atoms with Crippen LogP contribution < -0.4 is 11.0 Å². The van der Waals surface area contributed by atoms with Crippen LogP contribution in [0.5, 0.6) is 0 Å². The molecule has 1 atom stereocenters. The maximum absolute atomic E-state index is 13.1. The molecule has 0 bridgehead atoms. The molecule has 0 aliphatic carbocycles. The van der Waals surface area contributed by atoms with Crippen LogP contribution in [0, 0.1) is 17.7 Å². The quantitative estimate of drug-likeness (QED) is 0.764. The third-order valence-corrected chi connectivity index (χ3v) is 6.68. The summed E-state index contributed by atoms with van der Waals surface area (Å²) in [5.74, 6) is 1.14. The van der Waals surface area contributed by atoms with E-state index in [0.717, 1.165) is 50.3 Å². The SMILES string of the molecule is CCn1nc2n(c1=O)CCC(C(=O)NCC1CCN(Cc3ccc(F)cc3)CC1)CC2. The van der Waals surface area contributed by atoms with Crippen molar-refractivity contribution in [3.8, 4) is 0 Å². The molecule has 4 rings (SSSR count). The lowest BCUT2D eigenvalue weighted by molar-refractivity contribution is -0.125. The zero-order valence-corrected chi connectivity index (χ0v) is 18.2. The first-order chi connectivity index (χ1) is 15.0. The highest BCUT2D eigenvalue weighted by atomic mass is 19.1. The number of nitrogens with one attached hydrogen (secondary N) is 1. The van der Waals surface area contributed by atoms with Crippen LogP contribution in [-0.2, 0) is 30.8 Å². The number of benzene rings is 1. The molecule has 0 saturated carbocycles. The number of amides is 1. The van der Waals surface area contributed by atoms with Crippen molar-refractivity contribution in [1.29, 1.82) is 0 Å². The van der Waals surface area contributed by atoms with E-state index in [-0.39, 0.29) is 23.3 Å². The summed E-state index contributed by atoms with van der Waals surface area (Å²) in [6.07, 6.45) is 4.20. The van der Waals surface area contributed by atoms with Crippen LogP contribution in [0.4, 0.5) is 4.39 Å². The minimum absolute atomic E-state index is 0.0604. The van der Waals surface area contributed by atoms with E-state index in [1.54, 1.807) is 4.57 Å². The number of fused-ring (bicyclic) bond motifs is 1. The van der Waals surface area contributed by atoms with Gasteiger partial charge in [0, 0.05) is 38.5 Å². The summed E-state index contributed by atoms with van der Waals surface area (Å²) in [6.45, 7) is 6.60. The van der Waals surface area contributed by atoms with Crippen molar-refractivity contribution < 1.29 is 9.18 Å². The number of piperidine rings is 1. The first-order valence-corrected chi connectivity index (χ1v) is 11.4. The van der Waals surface area contributed by atoms with Crippen molar-refractivity contribution in [1.82, 2.24) is 24.6 Å². The number of hydrogen-bond acceptors (Lipinski definition) is 4. The fourth-order valence-corrected chi connectivity index (χ4v) is 4.68. The molecule has 168 valence electrons. The summed E-state index contributed by atoms with van der Waals surface area (Å²) < 4.78 is 16.3. The molecule has 7 nitrogen and oxygen atoms in total. The highest BCUT2D eigenvalue weighted by Gasteiger charge is 2.26. The largest absolute Gasteiger partial charge is 0.356 e. The van der Waals surface area contributed by atoms with Crippen molar-refractivity contribution >= 4 is 5.91 Å². The molecule has 1 unspecified atom stereocenters. The number of likely N-dealkylation sites (tertiary alicyclic amines) is 1. The van der Waals surface area contributed by atoms with Crippen LogP contribution >= 0.6 is 0 Å².